The van der Waals surface area contributed by atoms with Gasteiger partial charge < -0.3 is 19.9 Å². The molecule has 0 amide bonds. The van der Waals surface area contributed by atoms with Crippen LogP contribution in [0.3, 0.4) is 0 Å². The summed E-state index contributed by atoms with van der Waals surface area (Å²) in [5.41, 5.74) is -0.276. The standard InChI is InChI=1S/C11H26N2O3/c1-11(10-14,12-2)9-13(5-7-15-3)6-8-16-4/h12,14H,5-10H2,1-4H3. The van der Waals surface area contributed by atoms with Crippen LogP contribution in [0.4, 0.5) is 0 Å². The van der Waals surface area contributed by atoms with E-state index in [-0.39, 0.29) is 12.1 Å². The van der Waals surface area contributed by atoms with Crippen molar-refractivity contribution >= 4 is 0 Å². The van der Waals surface area contributed by atoms with Gasteiger partial charge in [0.2, 0.25) is 0 Å². The predicted molar refractivity (Wildman–Crippen MR) is 64.7 cm³/mol. The van der Waals surface area contributed by atoms with Crippen LogP contribution in [0.25, 0.3) is 0 Å². The summed E-state index contributed by atoms with van der Waals surface area (Å²) >= 11 is 0. The molecule has 0 saturated heterocycles. The molecule has 0 radical (unpaired) electrons. The molecule has 0 bridgehead atoms. The average Bonchev–Trinajstić information content (AvgIpc) is 2.32. The van der Waals surface area contributed by atoms with Gasteiger partial charge in [-0.15, -0.1) is 0 Å². The summed E-state index contributed by atoms with van der Waals surface area (Å²) in [6, 6.07) is 0. The second kappa shape index (κ2) is 8.90. The third-order valence-electron chi connectivity index (χ3n) is 2.75. The van der Waals surface area contributed by atoms with Crippen LogP contribution in [-0.4, -0.2) is 76.3 Å². The number of aliphatic hydroxyl groups is 1. The molecule has 2 N–H and O–H groups in total. The smallest absolute Gasteiger partial charge is 0.0623 e. The Morgan fingerprint density at radius 1 is 1.19 bits per heavy atom. The van der Waals surface area contributed by atoms with Crippen molar-refractivity contribution < 1.29 is 14.6 Å². The van der Waals surface area contributed by atoms with Gasteiger partial charge in [0.05, 0.1) is 25.4 Å². The van der Waals surface area contributed by atoms with Gasteiger partial charge in [0, 0.05) is 33.9 Å². The highest BCUT2D eigenvalue weighted by atomic mass is 16.5. The Bertz CT molecular complexity index is 155. The number of likely N-dealkylation sites (N-methyl/N-ethyl adjacent to an activating group) is 1. The Balaban J connectivity index is 4.15. The fourth-order valence-corrected chi connectivity index (χ4v) is 1.41. The first kappa shape index (κ1) is 15.8. The highest BCUT2D eigenvalue weighted by molar-refractivity contribution is 4.84. The molecule has 0 aromatic carbocycles. The molecule has 5 nitrogen and oxygen atoms in total. The zero-order valence-corrected chi connectivity index (χ0v) is 11.0. The van der Waals surface area contributed by atoms with Crippen LogP contribution < -0.4 is 5.32 Å². The molecule has 0 rings (SSSR count). The van der Waals surface area contributed by atoms with Crippen LogP contribution in [0.2, 0.25) is 0 Å². The minimum Gasteiger partial charge on any atom is -0.394 e. The third-order valence-corrected chi connectivity index (χ3v) is 2.75. The Kier molecular flexibility index (Phi) is 8.78. The van der Waals surface area contributed by atoms with Crippen molar-refractivity contribution in [3.05, 3.63) is 0 Å². The van der Waals surface area contributed by atoms with E-state index in [1.807, 2.05) is 14.0 Å². The SMILES string of the molecule is CNC(C)(CO)CN(CCOC)CCOC. The van der Waals surface area contributed by atoms with Gasteiger partial charge in [-0.05, 0) is 14.0 Å². The van der Waals surface area contributed by atoms with Gasteiger partial charge in [0.15, 0.2) is 0 Å². The molecule has 1 unspecified atom stereocenters. The minimum atomic E-state index is -0.276. The Morgan fingerprint density at radius 2 is 1.69 bits per heavy atom. The zero-order chi connectivity index (χ0) is 12.4. The third kappa shape index (κ3) is 6.40. The number of hydrogen-bond acceptors (Lipinski definition) is 5. The highest BCUT2D eigenvalue weighted by Crippen LogP contribution is 2.05. The van der Waals surface area contributed by atoms with Crippen LogP contribution in [0.1, 0.15) is 6.92 Å². The van der Waals surface area contributed by atoms with E-state index in [9.17, 15) is 5.11 Å². The molecule has 0 aliphatic rings. The van der Waals surface area contributed by atoms with E-state index >= 15 is 0 Å². The molecule has 0 spiro atoms. The van der Waals surface area contributed by atoms with E-state index in [4.69, 9.17) is 9.47 Å². The Hall–Kier alpha value is -0.200. The Morgan fingerprint density at radius 3 is 2.00 bits per heavy atom. The topological polar surface area (TPSA) is 54.0 Å². The van der Waals surface area contributed by atoms with E-state index in [1.54, 1.807) is 14.2 Å². The molecule has 0 saturated carbocycles. The summed E-state index contributed by atoms with van der Waals surface area (Å²) in [6.07, 6.45) is 0. The van der Waals surface area contributed by atoms with Gasteiger partial charge in [-0.1, -0.05) is 0 Å². The second-order valence-corrected chi connectivity index (χ2v) is 4.23. The van der Waals surface area contributed by atoms with Crippen molar-refractivity contribution in [1.82, 2.24) is 10.2 Å². The summed E-state index contributed by atoms with van der Waals surface area (Å²) < 4.78 is 10.1. The largest absolute Gasteiger partial charge is 0.394 e. The maximum Gasteiger partial charge on any atom is 0.0623 e. The maximum atomic E-state index is 9.33. The number of ether oxygens (including phenoxy) is 2. The highest BCUT2D eigenvalue weighted by Gasteiger charge is 2.23. The minimum absolute atomic E-state index is 0.111. The summed E-state index contributed by atoms with van der Waals surface area (Å²) in [6.45, 7) is 5.95. The van der Waals surface area contributed by atoms with Crippen LogP contribution in [0.15, 0.2) is 0 Å². The summed E-state index contributed by atoms with van der Waals surface area (Å²) in [4.78, 5) is 2.22. The fourth-order valence-electron chi connectivity index (χ4n) is 1.41. The number of aliphatic hydroxyl groups excluding tert-OH is 1. The molecule has 0 aromatic heterocycles. The summed E-state index contributed by atoms with van der Waals surface area (Å²) in [5, 5.41) is 12.5. The molecule has 16 heavy (non-hydrogen) atoms. The van der Waals surface area contributed by atoms with Gasteiger partial charge in [0.1, 0.15) is 0 Å². The van der Waals surface area contributed by atoms with Crippen molar-refractivity contribution in [1.29, 1.82) is 0 Å². The fraction of sp³-hybridized carbons (Fsp3) is 1.00. The summed E-state index contributed by atoms with van der Waals surface area (Å²) in [7, 11) is 5.25. The molecule has 98 valence electrons. The number of rotatable bonds is 10. The lowest BCUT2D eigenvalue weighted by Crippen LogP contribution is -2.53. The van der Waals surface area contributed by atoms with Crippen molar-refractivity contribution in [3.63, 3.8) is 0 Å². The van der Waals surface area contributed by atoms with Gasteiger partial charge in [-0.2, -0.15) is 0 Å². The van der Waals surface area contributed by atoms with E-state index < -0.39 is 0 Å². The quantitative estimate of drug-likeness (QED) is 0.536. The first-order chi connectivity index (χ1) is 7.61. The van der Waals surface area contributed by atoms with Gasteiger partial charge >= 0.3 is 0 Å². The van der Waals surface area contributed by atoms with Crippen LogP contribution in [0, 0.1) is 0 Å². The second-order valence-electron chi connectivity index (χ2n) is 4.23. The van der Waals surface area contributed by atoms with E-state index in [2.05, 4.69) is 10.2 Å². The van der Waals surface area contributed by atoms with Crippen molar-refractivity contribution in [3.8, 4) is 0 Å². The molecule has 1 atom stereocenters. The zero-order valence-electron chi connectivity index (χ0n) is 11.0. The van der Waals surface area contributed by atoms with E-state index in [0.717, 1.165) is 19.6 Å². The molecule has 0 aliphatic heterocycles. The van der Waals surface area contributed by atoms with Crippen molar-refractivity contribution in [2.75, 3.05) is 60.7 Å². The van der Waals surface area contributed by atoms with E-state index in [1.165, 1.54) is 0 Å². The normalized spacial score (nSPS) is 15.4. The molecular weight excluding hydrogens is 208 g/mol. The van der Waals surface area contributed by atoms with Gasteiger partial charge in [-0.25, -0.2) is 0 Å². The number of nitrogens with one attached hydrogen (secondary N) is 1. The maximum absolute atomic E-state index is 9.33. The van der Waals surface area contributed by atoms with Gasteiger partial charge in [0.25, 0.3) is 0 Å². The molecular formula is C11H26N2O3. The lowest BCUT2D eigenvalue weighted by molar-refractivity contribution is 0.0775. The first-order valence-corrected chi connectivity index (χ1v) is 5.62. The van der Waals surface area contributed by atoms with Crippen molar-refractivity contribution in [2.45, 2.75) is 12.5 Å². The first-order valence-electron chi connectivity index (χ1n) is 5.62. The monoisotopic (exact) mass is 234 g/mol. The lowest BCUT2D eigenvalue weighted by atomic mass is 10.0. The Labute approximate surface area is 98.7 Å². The molecule has 0 fully saturated rings. The number of methoxy groups -OCH3 is 2. The van der Waals surface area contributed by atoms with Crippen LogP contribution in [0.5, 0.6) is 0 Å². The van der Waals surface area contributed by atoms with Crippen LogP contribution >= 0.6 is 0 Å². The predicted octanol–water partition coefficient (Wildman–Crippen LogP) is -0.448. The number of hydrogen-bond donors (Lipinski definition) is 2. The molecule has 0 heterocycles. The van der Waals surface area contributed by atoms with Crippen molar-refractivity contribution in [2.24, 2.45) is 0 Å². The van der Waals surface area contributed by atoms with Gasteiger partial charge in [-0.3, -0.25) is 4.90 Å². The lowest BCUT2D eigenvalue weighted by Gasteiger charge is -2.33. The summed E-state index contributed by atoms with van der Waals surface area (Å²) in [5.74, 6) is 0. The van der Waals surface area contributed by atoms with E-state index in [0.29, 0.717) is 13.2 Å². The van der Waals surface area contributed by atoms with Crippen LogP contribution in [-0.2, 0) is 9.47 Å². The number of nitrogens with zero attached hydrogens (tertiary/aromatic N) is 1. The molecule has 0 aliphatic carbocycles. The molecule has 5 heteroatoms. The molecule has 0 aromatic rings. The average molecular weight is 234 g/mol.